The summed E-state index contributed by atoms with van der Waals surface area (Å²) in [5.74, 6) is -0.279. The van der Waals surface area contributed by atoms with Crippen LogP contribution in [0, 0.1) is 0 Å². The molecule has 0 radical (unpaired) electrons. The summed E-state index contributed by atoms with van der Waals surface area (Å²) in [6, 6.07) is 10.9. The van der Waals surface area contributed by atoms with E-state index in [0.717, 1.165) is 25.1 Å². The Kier molecular flexibility index (Phi) is 5.40. The van der Waals surface area contributed by atoms with Gasteiger partial charge in [-0.05, 0) is 62.6 Å². The molecule has 6 heteroatoms. The van der Waals surface area contributed by atoms with Crippen molar-refractivity contribution in [2.75, 3.05) is 22.5 Å². The molecule has 0 unspecified atom stereocenters. The first-order valence-electron chi connectivity index (χ1n) is 8.38. The standard InChI is InChI=1S/C19H21Cl2N3O/c1-12-4-2-3-9-24(12)18-8-6-14(22)11-17(18)23-19(25)15-7-5-13(20)10-16(15)21/h5-8,10-12H,2-4,9,22H2,1H3,(H,23,25)/t12-/m0/s1. The number of nitrogens with two attached hydrogens (primary N) is 1. The van der Waals surface area contributed by atoms with Crippen molar-refractivity contribution in [1.29, 1.82) is 0 Å². The van der Waals surface area contributed by atoms with Gasteiger partial charge in [-0.25, -0.2) is 0 Å². The van der Waals surface area contributed by atoms with Gasteiger partial charge in [0.25, 0.3) is 5.91 Å². The number of carbonyl (C=O) groups is 1. The Morgan fingerprint density at radius 3 is 2.72 bits per heavy atom. The maximum absolute atomic E-state index is 12.7. The van der Waals surface area contributed by atoms with Crippen molar-refractivity contribution in [2.45, 2.75) is 32.2 Å². The van der Waals surface area contributed by atoms with E-state index in [-0.39, 0.29) is 5.91 Å². The Morgan fingerprint density at radius 1 is 1.20 bits per heavy atom. The van der Waals surface area contributed by atoms with Crippen LogP contribution >= 0.6 is 23.2 Å². The summed E-state index contributed by atoms with van der Waals surface area (Å²) < 4.78 is 0. The molecule has 132 valence electrons. The zero-order chi connectivity index (χ0) is 18.0. The second-order valence-corrected chi connectivity index (χ2v) is 7.24. The first kappa shape index (κ1) is 17.9. The van der Waals surface area contributed by atoms with Crippen LogP contribution in [0.4, 0.5) is 17.1 Å². The molecule has 1 aliphatic heterocycles. The number of rotatable bonds is 3. The molecule has 0 aromatic heterocycles. The lowest BCUT2D eigenvalue weighted by Gasteiger charge is -2.36. The minimum atomic E-state index is -0.279. The second-order valence-electron chi connectivity index (χ2n) is 6.39. The van der Waals surface area contributed by atoms with Crippen molar-refractivity contribution >= 4 is 46.2 Å². The normalized spacial score (nSPS) is 17.4. The quantitative estimate of drug-likeness (QED) is 0.721. The number of nitrogens with one attached hydrogen (secondary N) is 1. The fourth-order valence-corrected chi connectivity index (χ4v) is 3.72. The van der Waals surface area contributed by atoms with E-state index in [2.05, 4.69) is 17.1 Å². The molecule has 25 heavy (non-hydrogen) atoms. The molecule has 3 N–H and O–H groups in total. The molecule has 1 aliphatic rings. The summed E-state index contributed by atoms with van der Waals surface area (Å²) in [6.07, 6.45) is 3.51. The number of halogens is 2. The number of benzene rings is 2. The summed E-state index contributed by atoms with van der Waals surface area (Å²) in [6.45, 7) is 3.17. The van der Waals surface area contributed by atoms with Crippen molar-refractivity contribution in [3.05, 3.63) is 52.0 Å². The average Bonchev–Trinajstić information content (AvgIpc) is 2.56. The minimum absolute atomic E-state index is 0.279. The highest BCUT2D eigenvalue weighted by Gasteiger charge is 2.22. The molecule has 1 heterocycles. The van der Waals surface area contributed by atoms with E-state index in [1.165, 1.54) is 6.42 Å². The molecule has 4 nitrogen and oxygen atoms in total. The highest BCUT2D eigenvalue weighted by molar-refractivity contribution is 6.37. The third-order valence-electron chi connectivity index (χ3n) is 4.56. The molecular weight excluding hydrogens is 357 g/mol. The van der Waals surface area contributed by atoms with E-state index in [1.54, 1.807) is 24.3 Å². The molecule has 1 amide bonds. The minimum Gasteiger partial charge on any atom is -0.399 e. The smallest absolute Gasteiger partial charge is 0.257 e. The van der Waals surface area contributed by atoms with Gasteiger partial charge in [-0.1, -0.05) is 23.2 Å². The van der Waals surface area contributed by atoms with Crippen molar-refractivity contribution < 1.29 is 4.79 Å². The molecular formula is C19H21Cl2N3O. The van der Waals surface area contributed by atoms with E-state index in [4.69, 9.17) is 28.9 Å². The highest BCUT2D eigenvalue weighted by Crippen LogP contribution is 2.33. The number of piperidine rings is 1. The van der Waals surface area contributed by atoms with Gasteiger partial charge in [0.1, 0.15) is 0 Å². The van der Waals surface area contributed by atoms with E-state index < -0.39 is 0 Å². The van der Waals surface area contributed by atoms with Crippen LogP contribution in [0.5, 0.6) is 0 Å². The van der Waals surface area contributed by atoms with Crippen LogP contribution in [0.15, 0.2) is 36.4 Å². The van der Waals surface area contributed by atoms with Crippen molar-refractivity contribution in [2.24, 2.45) is 0 Å². The number of hydrogen-bond donors (Lipinski definition) is 2. The van der Waals surface area contributed by atoms with Gasteiger partial charge in [0.05, 0.1) is 22.0 Å². The molecule has 0 spiro atoms. The molecule has 1 fully saturated rings. The fraction of sp³-hybridized carbons (Fsp3) is 0.316. The zero-order valence-corrected chi connectivity index (χ0v) is 15.6. The average molecular weight is 378 g/mol. The largest absolute Gasteiger partial charge is 0.399 e. The lowest BCUT2D eigenvalue weighted by Crippen LogP contribution is -2.38. The number of nitrogens with zero attached hydrogens (tertiary/aromatic N) is 1. The Bertz CT molecular complexity index is 794. The maximum atomic E-state index is 12.7. The van der Waals surface area contributed by atoms with Gasteiger partial charge in [0, 0.05) is 23.3 Å². The second kappa shape index (κ2) is 7.54. The van der Waals surface area contributed by atoms with Crippen LogP contribution in [0.3, 0.4) is 0 Å². The first-order chi connectivity index (χ1) is 12.0. The molecule has 2 aromatic carbocycles. The summed E-state index contributed by atoms with van der Waals surface area (Å²) in [7, 11) is 0. The predicted molar refractivity (Wildman–Crippen MR) is 106 cm³/mol. The van der Waals surface area contributed by atoms with E-state index >= 15 is 0 Å². The summed E-state index contributed by atoms with van der Waals surface area (Å²) >= 11 is 12.1. The third-order valence-corrected chi connectivity index (χ3v) is 5.10. The van der Waals surface area contributed by atoms with E-state index in [0.29, 0.717) is 33.0 Å². The number of amides is 1. The van der Waals surface area contributed by atoms with Gasteiger partial charge in [0.2, 0.25) is 0 Å². The SMILES string of the molecule is C[C@H]1CCCCN1c1ccc(N)cc1NC(=O)c1ccc(Cl)cc1Cl. The highest BCUT2D eigenvalue weighted by atomic mass is 35.5. The Labute approximate surface area is 157 Å². The molecule has 3 rings (SSSR count). The number of nitrogen functional groups attached to an aromatic ring is 1. The van der Waals surface area contributed by atoms with Crippen LogP contribution in [-0.4, -0.2) is 18.5 Å². The van der Waals surface area contributed by atoms with Gasteiger partial charge < -0.3 is 16.0 Å². The molecule has 2 aromatic rings. The molecule has 0 bridgehead atoms. The Morgan fingerprint density at radius 2 is 2.00 bits per heavy atom. The number of anilines is 3. The third kappa shape index (κ3) is 4.02. The lowest BCUT2D eigenvalue weighted by atomic mass is 10.0. The molecule has 0 saturated carbocycles. The van der Waals surface area contributed by atoms with Crippen LogP contribution < -0.4 is 16.0 Å². The van der Waals surface area contributed by atoms with E-state index in [9.17, 15) is 4.79 Å². The summed E-state index contributed by atoms with van der Waals surface area (Å²) in [4.78, 5) is 15.0. The fourth-order valence-electron chi connectivity index (χ4n) is 3.22. The van der Waals surface area contributed by atoms with Crippen LogP contribution in [0.2, 0.25) is 10.0 Å². The van der Waals surface area contributed by atoms with Gasteiger partial charge in [-0.3, -0.25) is 4.79 Å². The molecule has 1 atom stereocenters. The van der Waals surface area contributed by atoms with Gasteiger partial charge in [-0.15, -0.1) is 0 Å². The predicted octanol–water partition coefficient (Wildman–Crippen LogP) is 5.21. The summed E-state index contributed by atoms with van der Waals surface area (Å²) in [5.41, 5.74) is 8.61. The van der Waals surface area contributed by atoms with Crippen LogP contribution in [0.25, 0.3) is 0 Å². The zero-order valence-electron chi connectivity index (χ0n) is 14.1. The van der Waals surface area contributed by atoms with Gasteiger partial charge in [0.15, 0.2) is 0 Å². The maximum Gasteiger partial charge on any atom is 0.257 e. The summed E-state index contributed by atoms with van der Waals surface area (Å²) in [5, 5.41) is 3.77. The van der Waals surface area contributed by atoms with Crippen molar-refractivity contribution in [1.82, 2.24) is 0 Å². The first-order valence-corrected chi connectivity index (χ1v) is 9.14. The lowest BCUT2D eigenvalue weighted by molar-refractivity contribution is 0.102. The number of carbonyl (C=O) groups excluding carboxylic acids is 1. The monoisotopic (exact) mass is 377 g/mol. The van der Waals surface area contributed by atoms with Crippen molar-refractivity contribution in [3.8, 4) is 0 Å². The van der Waals surface area contributed by atoms with Gasteiger partial charge in [-0.2, -0.15) is 0 Å². The van der Waals surface area contributed by atoms with E-state index in [1.807, 2.05) is 12.1 Å². The molecule has 0 aliphatic carbocycles. The Hall–Kier alpha value is -1.91. The topological polar surface area (TPSA) is 58.4 Å². The van der Waals surface area contributed by atoms with Crippen LogP contribution in [0.1, 0.15) is 36.5 Å². The van der Waals surface area contributed by atoms with Gasteiger partial charge >= 0.3 is 0 Å². The Balaban J connectivity index is 1.91. The van der Waals surface area contributed by atoms with Crippen molar-refractivity contribution in [3.63, 3.8) is 0 Å². The number of hydrogen-bond acceptors (Lipinski definition) is 3. The molecule has 1 saturated heterocycles. The van der Waals surface area contributed by atoms with Crippen LogP contribution in [-0.2, 0) is 0 Å².